The number of rotatable bonds is 5. The van der Waals surface area contributed by atoms with E-state index in [1.54, 1.807) is 0 Å². The summed E-state index contributed by atoms with van der Waals surface area (Å²) in [5.41, 5.74) is -0.0416. The summed E-state index contributed by atoms with van der Waals surface area (Å²) in [6.07, 6.45) is 1.21. The Morgan fingerprint density at radius 2 is 1.95 bits per heavy atom. The topological polar surface area (TPSA) is 61.8 Å². The van der Waals surface area contributed by atoms with Gasteiger partial charge in [-0.05, 0) is 51.1 Å². The Hall–Kier alpha value is -1.75. The minimum atomic E-state index is -0.861. The van der Waals surface area contributed by atoms with Crippen molar-refractivity contribution in [2.24, 2.45) is 0 Å². The lowest BCUT2D eigenvalue weighted by Gasteiger charge is -2.38. The van der Waals surface area contributed by atoms with Gasteiger partial charge in [0.1, 0.15) is 11.3 Å². The Morgan fingerprint density at radius 1 is 1.35 bits per heavy atom. The lowest BCUT2D eigenvalue weighted by atomic mass is 9.87. The Labute approximate surface area is 119 Å². The van der Waals surface area contributed by atoms with Crippen LogP contribution in [0.15, 0.2) is 24.3 Å². The Kier molecular flexibility index (Phi) is 4.49. The maximum absolute atomic E-state index is 11.7. The molecule has 0 spiro atoms. The lowest BCUT2D eigenvalue weighted by molar-refractivity contribution is -0.143. The number of hydrogen-bond acceptors (Lipinski definition) is 4. The van der Waals surface area contributed by atoms with E-state index in [0.29, 0.717) is 19.4 Å². The van der Waals surface area contributed by atoms with Crippen molar-refractivity contribution in [1.29, 1.82) is 0 Å². The van der Waals surface area contributed by atoms with Gasteiger partial charge in [-0.15, -0.1) is 0 Å². The third-order valence-electron chi connectivity index (χ3n) is 3.80. The Morgan fingerprint density at radius 3 is 2.45 bits per heavy atom. The minimum absolute atomic E-state index is 0.603. The summed E-state index contributed by atoms with van der Waals surface area (Å²) in [6.45, 7) is 4.13. The number of nitrogens with one attached hydrogen (secondary N) is 1. The molecule has 0 aromatic heterocycles. The van der Waals surface area contributed by atoms with E-state index in [4.69, 9.17) is 4.74 Å². The van der Waals surface area contributed by atoms with Crippen LogP contribution in [0.4, 0.5) is 5.69 Å². The maximum Gasteiger partial charge on any atom is 0.329 e. The summed E-state index contributed by atoms with van der Waals surface area (Å²) in [5.74, 6) is 0.0188. The molecule has 2 N–H and O–H groups in total. The normalized spacial score (nSPS) is 18.5. The standard InChI is InChI=1S/C15H22N2O3/c1-3-20-13-6-4-12(5-7-13)16-15(14(18)19)8-10-17(2)11-9-15/h4-7,16H,3,8-11H2,1-2H3,(H,18,19). The predicted octanol–water partition coefficient (Wildman–Crippen LogP) is 2.05. The summed E-state index contributed by atoms with van der Waals surface area (Å²) in [4.78, 5) is 13.8. The summed E-state index contributed by atoms with van der Waals surface area (Å²) in [6, 6.07) is 7.45. The van der Waals surface area contributed by atoms with Gasteiger partial charge >= 0.3 is 5.97 Å². The molecule has 0 atom stereocenters. The van der Waals surface area contributed by atoms with Gasteiger partial charge in [-0.2, -0.15) is 0 Å². The zero-order chi connectivity index (χ0) is 14.6. The van der Waals surface area contributed by atoms with Gasteiger partial charge in [0, 0.05) is 18.8 Å². The smallest absolute Gasteiger partial charge is 0.329 e. The Bertz CT molecular complexity index is 451. The van der Waals surface area contributed by atoms with E-state index in [1.807, 2.05) is 38.2 Å². The molecule has 5 heteroatoms. The largest absolute Gasteiger partial charge is 0.494 e. The summed E-state index contributed by atoms with van der Waals surface area (Å²) >= 11 is 0. The summed E-state index contributed by atoms with van der Waals surface area (Å²) in [7, 11) is 2.02. The van der Waals surface area contributed by atoms with Crippen molar-refractivity contribution >= 4 is 11.7 Å². The number of aliphatic carboxylic acids is 1. The van der Waals surface area contributed by atoms with Gasteiger partial charge in [0.25, 0.3) is 0 Å². The van der Waals surface area contributed by atoms with Crippen molar-refractivity contribution < 1.29 is 14.6 Å². The molecule has 20 heavy (non-hydrogen) atoms. The quantitative estimate of drug-likeness (QED) is 0.863. The molecule has 1 heterocycles. The second-order valence-electron chi connectivity index (χ2n) is 5.27. The van der Waals surface area contributed by atoms with Gasteiger partial charge in [-0.1, -0.05) is 0 Å². The highest BCUT2D eigenvalue weighted by Gasteiger charge is 2.40. The molecule has 1 saturated heterocycles. The second kappa shape index (κ2) is 6.13. The first kappa shape index (κ1) is 14.7. The van der Waals surface area contributed by atoms with Crippen molar-refractivity contribution in [3.8, 4) is 5.75 Å². The fourth-order valence-electron chi connectivity index (χ4n) is 2.47. The van der Waals surface area contributed by atoms with E-state index in [9.17, 15) is 9.90 Å². The van der Waals surface area contributed by atoms with E-state index >= 15 is 0 Å². The van der Waals surface area contributed by atoms with Crippen LogP contribution in [0.5, 0.6) is 5.75 Å². The van der Waals surface area contributed by atoms with Crippen LogP contribution in [0, 0.1) is 0 Å². The van der Waals surface area contributed by atoms with Gasteiger partial charge in [-0.25, -0.2) is 4.79 Å². The van der Waals surface area contributed by atoms with Gasteiger partial charge in [-0.3, -0.25) is 0 Å². The molecule has 0 bridgehead atoms. The van der Waals surface area contributed by atoms with Crippen LogP contribution >= 0.6 is 0 Å². The van der Waals surface area contributed by atoms with Crippen LogP contribution in [0.1, 0.15) is 19.8 Å². The van der Waals surface area contributed by atoms with Crippen LogP contribution in [-0.2, 0) is 4.79 Å². The third kappa shape index (κ3) is 3.22. The number of anilines is 1. The fraction of sp³-hybridized carbons (Fsp3) is 0.533. The number of benzene rings is 1. The molecule has 1 aliphatic heterocycles. The number of hydrogen-bond donors (Lipinski definition) is 2. The zero-order valence-corrected chi connectivity index (χ0v) is 12.1. The molecule has 2 rings (SSSR count). The fourth-order valence-corrected chi connectivity index (χ4v) is 2.47. The average Bonchev–Trinajstić information content (AvgIpc) is 2.44. The first-order chi connectivity index (χ1) is 9.55. The Balaban J connectivity index is 2.10. The number of carboxylic acid groups (broad SMARTS) is 1. The second-order valence-corrected chi connectivity index (χ2v) is 5.27. The third-order valence-corrected chi connectivity index (χ3v) is 3.80. The molecule has 0 aliphatic carbocycles. The SMILES string of the molecule is CCOc1ccc(NC2(C(=O)O)CCN(C)CC2)cc1. The predicted molar refractivity (Wildman–Crippen MR) is 78.3 cm³/mol. The first-order valence-electron chi connectivity index (χ1n) is 6.99. The highest BCUT2D eigenvalue weighted by atomic mass is 16.5. The number of carbonyl (C=O) groups is 1. The molecule has 0 amide bonds. The minimum Gasteiger partial charge on any atom is -0.494 e. The van der Waals surface area contributed by atoms with Gasteiger partial charge in [0.15, 0.2) is 0 Å². The van der Waals surface area contributed by atoms with Crippen molar-refractivity contribution in [1.82, 2.24) is 4.90 Å². The van der Waals surface area contributed by atoms with Crippen LogP contribution < -0.4 is 10.1 Å². The van der Waals surface area contributed by atoms with Gasteiger partial charge in [0.05, 0.1) is 6.61 Å². The van der Waals surface area contributed by atoms with Gasteiger partial charge in [0.2, 0.25) is 0 Å². The highest BCUT2D eigenvalue weighted by Crippen LogP contribution is 2.28. The van der Waals surface area contributed by atoms with Crippen LogP contribution in [0.3, 0.4) is 0 Å². The molecule has 0 unspecified atom stereocenters. The number of piperidine rings is 1. The molecular formula is C15H22N2O3. The van der Waals surface area contributed by atoms with Crippen molar-refractivity contribution in [2.45, 2.75) is 25.3 Å². The first-order valence-corrected chi connectivity index (χ1v) is 6.99. The number of ether oxygens (including phenoxy) is 1. The lowest BCUT2D eigenvalue weighted by Crippen LogP contribution is -2.53. The van der Waals surface area contributed by atoms with Crippen molar-refractivity contribution in [2.75, 3.05) is 32.1 Å². The van der Waals surface area contributed by atoms with Crippen LogP contribution in [0.25, 0.3) is 0 Å². The summed E-state index contributed by atoms with van der Waals surface area (Å²) in [5, 5.41) is 12.8. The number of nitrogens with zero attached hydrogens (tertiary/aromatic N) is 1. The molecule has 1 aliphatic rings. The molecule has 0 saturated carbocycles. The number of likely N-dealkylation sites (tertiary alicyclic amines) is 1. The van der Waals surface area contributed by atoms with E-state index < -0.39 is 11.5 Å². The molecule has 1 fully saturated rings. The van der Waals surface area contributed by atoms with Crippen molar-refractivity contribution in [3.05, 3.63) is 24.3 Å². The average molecular weight is 278 g/mol. The summed E-state index contributed by atoms with van der Waals surface area (Å²) < 4.78 is 5.39. The van der Waals surface area contributed by atoms with E-state index in [-0.39, 0.29) is 0 Å². The molecule has 1 aromatic rings. The molecule has 0 radical (unpaired) electrons. The zero-order valence-electron chi connectivity index (χ0n) is 12.1. The van der Waals surface area contributed by atoms with Crippen LogP contribution in [-0.4, -0.2) is 48.3 Å². The van der Waals surface area contributed by atoms with E-state index in [1.165, 1.54) is 0 Å². The molecular weight excluding hydrogens is 256 g/mol. The van der Waals surface area contributed by atoms with E-state index in [0.717, 1.165) is 24.5 Å². The van der Waals surface area contributed by atoms with Crippen LogP contribution in [0.2, 0.25) is 0 Å². The molecule has 110 valence electrons. The number of carboxylic acids is 1. The molecule has 5 nitrogen and oxygen atoms in total. The van der Waals surface area contributed by atoms with E-state index in [2.05, 4.69) is 10.2 Å². The molecule has 1 aromatic carbocycles. The van der Waals surface area contributed by atoms with Gasteiger partial charge < -0.3 is 20.1 Å². The highest BCUT2D eigenvalue weighted by molar-refractivity contribution is 5.83. The van der Waals surface area contributed by atoms with Crippen molar-refractivity contribution in [3.63, 3.8) is 0 Å². The monoisotopic (exact) mass is 278 g/mol. The maximum atomic E-state index is 11.7.